The highest BCUT2D eigenvalue weighted by Crippen LogP contribution is 2.35. The van der Waals surface area contributed by atoms with Crippen LogP contribution < -0.4 is 16.0 Å². The van der Waals surface area contributed by atoms with Gasteiger partial charge in [-0.3, -0.25) is 5.84 Å². The Balaban J connectivity index is 2.44. The SMILES string of the molecule is COc1cc(Br)ccc1C(NN)c1ccc(Cl)s1. The van der Waals surface area contributed by atoms with Crippen molar-refractivity contribution in [1.29, 1.82) is 0 Å². The van der Waals surface area contributed by atoms with Crippen molar-refractivity contribution in [2.24, 2.45) is 5.84 Å². The van der Waals surface area contributed by atoms with Crippen LogP contribution in [0.2, 0.25) is 4.34 Å². The third-order valence-corrected chi connectivity index (χ3v) is 4.34. The first-order valence-corrected chi connectivity index (χ1v) is 7.19. The number of hydrogen-bond acceptors (Lipinski definition) is 4. The molecule has 0 bridgehead atoms. The zero-order valence-corrected chi connectivity index (χ0v) is 12.8. The minimum Gasteiger partial charge on any atom is -0.496 e. The molecule has 18 heavy (non-hydrogen) atoms. The summed E-state index contributed by atoms with van der Waals surface area (Å²) in [4.78, 5) is 1.04. The topological polar surface area (TPSA) is 47.3 Å². The molecule has 96 valence electrons. The summed E-state index contributed by atoms with van der Waals surface area (Å²) in [5.41, 5.74) is 3.77. The summed E-state index contributed by atoms with van der Waals surface area (Å²) in [6, 6.07) is 9.52. The third kappa shape index (κ3) is 2.87. The number of nitrogens with two attached hydrogens (primary N) is 1. The maximum Gasteiger partial charge on any atom is 0.125 e. The smallest absolute Gasteiger partial charge is 0.125 e. The van der Waals surface area contributed by atoms with Gasteiger partial charge in [0.1, 0.15) is 5.75 Å². The largest absolute Gasteiger partial charge is 0.496 e. The number of hydrazine groups is 1. The van der Waals surface area contributed by atoms with Gasteiger partial charge in [0.2, 0.25) is 0 Å². The van der Waals surface area contributed by atoms with Gasteiger partial charge in [-0.15, -0.1) is 11.3 Å². The molecule has 0 aliphatic carbocycles. The van der Waals surface area contributed by atoms with Crippen LogP contribution in [-0.2, 0) is 0 Å². The molecule has 0 radical (unpaired) electrons. The van der Waals surface area contributed by atoms with Crippen molar-refractivity contribution < 1.29 is 4.74 Å². The summed E-state index contributed by atoms with van der Waals surface area (Å²) in [5, 5.41) is 0. The van der Waals surface area contributed by atoms with Gasteiger partial charge in [-0.05, 0) is 24.3 Å². The van der Waals surface area contributed by atoms with Crippen LogP contribution >= 0.6 is 38.9 Å². The van der Waals surface area contributed by atoms with Gasteiger partial charge in [0.15, 0.2) is 0 Å². The molecule has 0 spiro atoms. The first-order chi connectivity index (χ1) is 8.65. The molecule has 1 heterocycles. The van der Waals surface area contributed by atoms with E-state index in [1.807, 2.05) is 30.3 Å². The Morgan fingerprint density at radius 2 is 2.17 bits per heavy atom. The zero-order valence-electron chi connectivity index (χ0n) is 9.61. The molecule has 6 heteroatoms. The Morgan fingerprint density at radius 3 is 2.72 bits per heavy atom. The summed E-state index contributed by atoms with van der Waals surface area (Å²) in [5.74, 6) is 6.43. The number of methoxy groups -OCH3 is 1. The molecular formula is C12H12BrClN2OS. The highest BCUT2D eigenvalue weighted by molar-refractivity contribution is 9.10. The Hall–Kier alpha value is -0.590. The average Bonchev–Trinajstić information content (AvgIpc) is 2.78. The molecule has 0 amide bonds. The summed E-state index contributed by atoms with van der Waals surface area (Å²) < 4.78 is 7.08. The van der Waals surface area contributed by atoms with Gasteiger partial charge in [-0.25, -0.2) is 5.43 Å². The third-order valence-electron chi connectivity index (χ3n) is 2.55. The summed E-state index contributed by atoms with van der Waals surface area (Å²) in [6.45, 7) is 0. The van der Waals surface area contributed by atoms with Gasteiger partial charge in [-0.2, -0.15) is 0 Å². The standard InChI is InChI=1S/C12H12BrClN2OS/c1-17-9-6-7(13)2-3-8(9)12(16-15)10-4-5-11(14)18-10/h2-6,12,16H,15H2,1H3. The maximum atomic E-state index is 5.96. The Labute approximate surface area is 123 Å². The van der Waals surface area contributed by atoms with Crippen molar-refractivity contribution in [3.8, 4) is 5.75 Å². The van der Waals surface area contributed by atoms with Crippen molar-refractivity contribution in [3.63, 3.8) is 0 Å². The van der Waals surface area contributed by atoms with Crippen molar-refractivity contribution >= 4 is 38.9 Å². The molecule has 3 N–H and O–H groups in total. The first kappa shape index (κ1) is 13.8. The van der Waals surface area contributed by atoms with Crippen LogP contribution in [0, 0.1) is 0 Å². The fourth-order valence-corrected chi connectivity index (χ4v) is 3.21. The van der Waals surface area contributed by atoms with E-state index in [0.717, 1.165) is 25.0 Å². The normalized spacial score (nSPS) is 12.4. The van der Waals surface area contributed by atoms with E-state index in [1.54, 1.807) is 7.11 Å². The molecule has 3 nitrogen and oxygen atoms in total. The molecule has 0 saturated heterocycles. The maximum absolute atomic E-state index is 5.96. The monoisotopic (exact) mass is 346 g/mol. The molecule has 0 aliphatic rings. The second-order valence-corrected chi connectivity index (χ2v) is 6.29. The van der Waals surface area contributed by atoms with E-state index in [2.05, 4.69) is 21.4 Å². The van der Waals surface area contributed by atoms with Crippen molar-refractivity contribution in [1.82, 2.24) is 5.43 Å². The van der Waals surface area contributed by atoms with Gasteiger partial charge >= 0.3 is 0 Å². The van der Waals surface area contributed by atoms with E-state index in [4.69, 9.17) is 22.2 Å². The lowest BCUT2D eigenvalue weighted by molar-refractivity contribution is 0.404. The van der Waals surface area contributed by atoms with E-state index in [1.165, 1.54) is 11.3 Å². The van der Waals surface area contributed by atoms with Gasteiger partial charge in [0.25, 0.3) is 0 Å². The van der Waals surface area contributed by atoms with Gasteiger partial charge < -0.3 is 4.74 Å². The predicted molar refractivity (Wildman–Crippen MR) is 79.2 cm³/mol. The molecule has 1 aromatic heterocycles. The number of thiophene rings is 1. The van der Waals surface area contributed by atoms with Crippen LogP contribution in [-0.4, -0.2) is 7.11 Å². The van der Waals surface area contributed by atoms with Crippen molar-refractivity contribution in [2.45, 2.75) is 6.04 Å². The molecule has 0 aliphatic heterocycles. The molecule has 2 aromatic rings. The van der Waals surface area contributed by atoms with E-state index in [9.17, 15) is 0 Å². The number of nitrogens with one attached hydrogen (secondary N) is 1. The lowest BCUT2D eigenvalue weighted by atomic mass is 10.0. The minimum absolute atomic E-state index is 0.134. The van der Waals surface area contributed by atoms with Crippen LogP contribution in [0.15, 0.2) is 34.8 Å². The second-order valence-electron chi connectivity index (χ2n) is 3.63. The van der Waals surface area contributed by atoms with Crippen LogP contribution in [0.3, 0.4) is 0 Å². The van der Waals surface area contributed by atoms with Crippen LogP contribution in [0.5, 0.6) is 5.75 Å². The van der Waals surface area contributed by atoms with Crippen LogP contribution in [0.4, 0.5) is 0 Å². The lowest BCUT2D eigenvalue weighted by Crippen LogP contribution is -2.28. The number of halogens is 2. The van der Waals surface area contributed by atoms with E-state index in [-0.39, 0.29) is 6.04 Å². The lowest BCUT2D eigenvalue weighted by Gasteiger charge is -2.18. The van der Waals surface area contributed by atoms with Gasteiger partial charge in [-0.1, -0.05) is 33.6 Å². The quantitative estimate of drug-likeness (QED) is 0.654. The number of hydrogen-bond donors (Lipinski definition) is 2. The fraction of sp³-hybridized carbons (Fsp3) is 0.167. The molecule has 0 fully saturated rings. The van der Waals surface area contributed by atoms with Crippen LogP contribution in [0.1, 0.15) is 16.5 Å². The number of ether oxygens (including phenoxy) is 1. The van der Waals surface area contributed by atoms with Gasteiger partial charge in [0, 0.05) is 14.9 Å². The number of rotatable bonds is 4. The van der Waals surface area contributed by atoms with Crippen LogP contribution in [0.25, 0.3) is 0 Å². The first-order valence-electron chi connectivity index (χ1n) is 5.20. The highest BCUT2D eigenvalue weighted by atomic mass is 79.9. The van der Waals surface area contributed by atoms with E-state index in [0.29, 0.717) is 0 Å². The summed E-state index contributed by atoms with van der Waals surface area (Å²) in [6.07, 6.45) is 0. The second kappa shape index (κ2) is 6.04. The Morgan fingerprint density at radius 1 is 1.39 bits per heavy atom. The van der Waals surface area contributed by atoms with Crippen molar-refractivity contribution in [2.75, 3.05) is 7.11 Å². The van der Waals surface area contributed by atoms with Crippen molar-refractivity contribution in [3.05, 3.63) is 49.6 Å². The number of benzene rings is 1. The molecule has 2 rings (SSSR count). The predicted octanol–water partition coefficient (Wildman–Crippen LogP) is 3.73. The zero-order chi connectivity index (χ0) is 13.1. The Kier molecular flexibility index (Phi) is 4.64. The molecule has 0 saturated carbocycles. The molecular weight excluding hydrogens is 336 g/mol. The Bertz CT molecular complexity index is 547. The minimum atomic E-state index is -0.134. The molecule has 1 unspecified atom stereocenters. The molecule has 1 aromatic carbocycles. The summed E-state index contributed by atoms with van der Waals surface area (Å²) in [7, 11) is 1.64. The fourth-order valence-electron chi connectivity index (χ4n) is 1.73. The average molecular weight is 348 g/mol. The molecule has 1 atom stereocenters. The van der Waals surface area contributed by atoms with E-state index < -0.39 is 0 Å². The van der Waals surface area contributed by atoms with Gasteiger partial charge in [0.05, 0.1) is 17.5 Å². The summed E-state index contributed by atoms with van der Waals surface area (Å²) >= 11 is 10.9. The highest BCUT2D eigenvalue weighted by Gasteiger charge is 2.18. The van der Waals surface area contributed by atoms with E-state index >= 15 is 0 Å².